The lowest BCUT2D eigenvalue weighted by atomic mass is 10.5. The molecular weight excluding hydrogens is 284 g/mol. The van der Waals surface area contributed by atoms with E-state index in [0.717, 1.165) is 32.8 Å². The van der Waals surface area contributed by atoms with E-state index in [2.05, 4.69) is 0 Å². The van der Waals surface area contributed by atoms with Gasteiger partial charge in [0.1, 0.15) is 12.2 Å². The van der Waals surface area contributed by atoms with Gasteiger partial charge in [0.2, 0.25) is 0 Å². The molecule has 0 aromatic rings. The molecule has 8 heteroatoms. The smallest absolute Gasteiger partial charge is 0.376 e. The van der Waals surface area contributed by atoms with E-state index < -0.39 is 9.05 Å². The van der Waals surface area contributed by atoms with Crippen molar-refractivity contribution in [2.75, 3.05) is 54.4 Å². The van der Waals surface area contributed by atoms with Gasteiger partial charge in [0, 0.05) is 27.9 Å². The zero-order chi connectivity index (χ0) is 14.8. The van der Waals surface area contributed by atoms with Crippen LogP contribution in [0.3, 0.4) is 0 Å². The number of hydrogen-bond acceptors (Lipinski definition) is 7. The van der Waals surface area contributed by atoms with Gasteiger partial charge in [0.05, 0.1) is 26.4 Å². The van der Waals surface area contributed by atoms with Crippen LogP contribution in [0.25, 0.3) is 0 Å². The molecule has 7 nitrogen and oxygen atoms in total. The summed E-state index contributed by atoms with van der Waals surface area (Å²) in [6, 6.07) is 0. The van der Waals surface area contributed by atoms with Crippen LogP contribution in [0.4, 0.5) is 0 Å². The molecule has 0 aromatic heterocycles. The van der Waals surface area contributed by atoms with Crippen LogP contribution in [0.15, 0.2) is 0 Å². The molecule has 2 saturated heterocycles. The first-order chi connectivity index (χ1) is 9.69. The summed E-state index contributed by atoms with van der Waals surface area (Å²) in [5.74, 6) is 0. The Labute approximate surface area is 121 Å². The van der Waals surface area contributed by atoms with Crippen molar-refractivity contribution in [2.45, 2.75) is 25.6 Å². The minimum Gasteiger partial charge on any atom is -0.376 e. The van der Waals surface area contributed by atoms with Crippen molar-refractivity contribution in [3.8, 4) is 0 Å². The van der Waals surface area contributed by atoms with Gasteiger partial charge in [0.15, 0.2) is 0 Å². The van der Waals surface area contributed by atoms with Crippen LogP contribution in [0.1, 0.15) is 13.3 Å². The summed E-state index contributed by atoms with van der Waals surface area (Å²) in [4.78, 5) is 0. The quantitative estimate of drug-likeness (QED) is 0.432. The van der Waals surface area contributed by atoms with Gasteiger partial charge in [-0.15, -0.1) is 0 Å². The van der Waals surface area contributed by atoms with Crippen LogP contribution in [0, 0.1) is 0 Å². The molecule has 2 aliphatic rings. The Balaban J connectivity index is 0.000000202. The van der Waals surface area contributed by atoms with Crippen LogP contribution in [-0.4, -0.2) is 75.6 Å². The molecule has 0 bridgehead atoms. The first-order valence-corrected chi connectivity index (χ1v) is 8.43. The molecule has 2 unspecified atom stereocenters. The molecule has 0 saturated carbocycles. The fourth-order valence-electron chi connectivity index (χ4n) is 1.31. The second-order valence-electron chi connectivity index (χ2n) is 4.41. The van der Waals surface area contributed by atoms with Gasteiger partial charge >= 0.3 is 9.05 Å². The highest BCUT2D eigenvalue weighted by molar-refractivity contribution is 6.53. The average molecular weight is 310 g/mol. The molecule has 2 aliphatic heterocycles. The number of hydrogen-bond donors (Lipinski definition) is 0. The minimum atomic E-state index is -2.74. The predicted molar refractivity (Wildman–Crippen MR) is 73.3 cm³/mol. The molecule has 120 valence electrons. The van der Waals surface area contributed by atoms with Crippen LogP contribution in [0.2, 0.25) is 0 Å². The normalized spacial score (nSPS) is 24.0. The summed E-state index contributed by atoms with van der Waals surface area (Å²) >= 11 is 0. The van der Waals surface area contributed by atoms with Crippen molar-refractivity contribution >= 4 is 9.05 Å². The van der Waals surface area contributed by atoms with Gasteiger partial charge in [0.25, 0.3) is 0 Å². The third kappa shape index (κ3) is 7.65. The largest absolute Gasteiger partial charge is 0.678 e. The fraction of sp³-hybridized carbons (Fsp3) is 1.00. The second-order valence-corrected chi connectivity index (χ2v) is 6.92. The lowest BCUT2D eigenvalue weighted by Gasteiger charge is -2.22. The zero-order valence-electron chi connectivity index (χ0n) is 12.8. The van der Waals surface area contributed by atoms with Crippen molar-refractivity contribution < 1.29 is 31.9 Å². The van der Waals surface area contributed by atoms with Crippen LogP contribution in [0.5, 0.6) is 0 Å². The third-order valence-electron chi connectivity index (χ3n) is 2.65. The summed E-state index contributed by atoms with van der Waals surface area (Å²) < 4.78 is 35.5. The van der Waals surface area contributed by atoms with Gasteiger partial charge in [-0.25, -0.2) is 0 Å². The predicted octanol–water partition coefficient (Wildman–Crippen LogP) is 0.588. The molecule has 0 N–H and O–H groups in total. The maximum atomic E-state index is 5.30. The Morgan fingerprint density at radius 2 is 1.40 bits per heavy atom. The Morgan fingerprint density at radius 3 is 1.70 bits per heavy atom. The first kappa shape index (κ1) is 18.0. The van der Waals surface area contributed by atoms with Gasteiger partial charge in [-0.2, -0.15) is 0 Å². The monoisotopic (exact) mass is 310 g/mol. The van der Waals surface area contributed by atoms with Gasteiger partial charge in [-0.05, 0) is 6.42 Å². The average Bonchev–Trinajstić information content (AvgIpc) is 3.37. The number of rotatable bonds is 10. The lowest BCUT2D eigenvalue weighted by molar-refractivity contribution is 0.00610. The van der Waals surface area contributed by atoms with E-state index in [-0.39, 0.29) is 0 Å². The van der Waals surface area contributed by atoms with Crippen molar-refractivity contribution in [3.63, 3.8) is 0 Å². The highest BCUT2D eigenvalue weighted by Gasteiger charge is 2.41. The van der Waals surface area contributed by atoms with E-state index >= 15 is 0 Å². The summed E-state index contributed by atoms with van der Waals surface area (Å²) in [5.41, 5.74) is 0. The van der Waals surface area contributed by atoms with Crippen LogP contribution < -0.4 is 0 Å². The molecular formula is C12H26O7Si. The summed E-state index contributed by atoms with van der Waals surface area (Å²) in [5, 5.41) is 0. The minimum absolute atomic E-state index is 0.392. The Bertz CT molecular complexity index is 222. The topological polar surface area (TPSA) is 71.2 Å². The maximum Gasteiger partial charge on any atom is 0.678 e. The Hall–Kier alpha value is -0.0631. The van der Waals surface area contributed by atoms with Crippen LogP contribution >= 0.6 is 0 Å². The van der Waals surface area contributed by atoms with E-state index in [0.29, 0.717) is 18.8 Å². The summed E-state index contributed by atoms with van der Waals surface area (Å²) in [6.07, 6.45) is 1.71. The summed E-state index contributed by atoms with van der Waals surface area (Å²) in [6.45, 7) is 5.87. The first-order valence-electron chi connectivity index (χ1n) is 6.80. The second kappa shape index (κ2) is 9.80. The van der Waals surface area contributed by atoms with Crippen molar-refractivity contribution in [2.24, 2.45) is 0 Å². The molecule has 2 fully saturated rings. The SMILES string of the molecule is C(OCC1CO1)C1CO1.CCCO[Si](OC)(OC)OC. The zero-order valence-corrected chi connectivity index (χ0v) is 13.8. The number of epoxide rings is 2. The Kier molecular flexibility index (Phi) is 8.81. The molecule has 2 rings (SSSR count). The highest BCUT2D eigenvalue weighted by Crippen LogP contribution is 2.12. The van der Waals surface area contributed by atoms with E-state index in [4.69, 9.17) is 31.9 Å². The van der Waals surface area contributed by atoms with Crippen molar-refractivity contribution in [3.05, 3.63) is 0 Å². The van der Waals surface area contributed by atoms with Crippen LogP contribution in [-0.2, 0) is 31.9 Å². The molecule has 0 aliphatic carbocycles. The van der Waals surface area contributed by atoms with E-state index in [9.17, 15) is 0 Å². The molecule has 2 heterocycles. The van der Waals surface area contributed by atoms with Crippen molar-refractivity contribution in [1.29, 1.82) is 0 Å². The van der Waals surface area contributed by atoms with Crippen molar-refractivity contribution in [1.82, 2.24) is 0 Å². The standard InChI is InChI=1S/C6H16O4Si.C6H10O3/c1-5-6-10-11(7-2,8-3)9-4;1(5-3-8-5)7-2-6-4-9-6/h5-6H2,1-4H3;5-6H,1-4H2. The van der Waals surface area contributed by atoms with E-state index in [1.54, 1.807) is 0 Å². The summed E-state index contributed by atoms with van der Waals surface area (Å²) in [7, 11) is 1.83. The Morgan fingerprint density at radius 1 is 0.950 bits per heavy atom. The molecule has 0 amide bonds. The van der Waals surface area contributed by atoms with Gasteiger partial charge in [-0.3, -0.25) is 0 Å². The molecule has 2 atom stereocenters. The molecule has 20 heavy (non-hydrogen) atoms. The van der Waals surface area contributed by atoms with E-state index in [1.165, 1.54) is 21.3 Å². The van der Waals surface area contributed by atoms with Gasteiger partial charge in [-0.1, -0.05) is 6.92 Å². The van der Waals surface area contributed by atoms with E-state index in [1.807, 2.05) is 6.92 Å². The molecule has 0 radical (unpaired) electrons. The third-order valence-corrected chi connectivity index (χ3v) is 4.70. The molecule has 0 aromatic carbocycles. The highest BCUT2D eigenvalue weighted by atomic mass is 28.4. The van der Waals surface area contributed by atoms with Gasteiger partial charge < -0.3 is 31.9 Å². The number of ether oxygens (including phenoxy) is 3. The molecule has 0 spiro atoms. The lowest BCUT2D eigenvalue weighted by Crippen LogP contribution is -2.46. The fourth-order valence-corrected chi connectivity index (χ4v) is 2.62. The maximum absolute atomic E-state index is 5.30.